The third-order valence-corrected chi connectivity index (χ3v) is 5.10. The lowest BCUT2D eigenvalue weighted by atomic mass is 9.98. The van der Waals surface area contributed by atoms with Crippen molar-refractivity contribution in [1.82, 2.24) is 15.5 Å². The molecule has 2 aliphatic rings. The van der Waals surface area contributed by atoms with Crippen molar-refractivity contribution in [3.8, 4) is 0 Å². The zero-order valence-corrected chi connectivity index (χ0v) is 16.5. The number of carbonyl (C=O) groups excluding carboxylic acids is 1. The van der Waals surface area contributed by atoms with Gasteiger partial charge >= 0.3 is 6.09 Å². The first-order valence-electron chi connectivity index (χ1n) is 10.2. The number of aliphatic imine (C=N–C) groups is 1. The maximum Gasteiger partial charge on any atom is 0.409 e. The summed E-state index contributed by atoms with van der Waals surface area (Å²) in [5.74, 6) is 0.831. The summed E-state index contributed by atoms with van der Waals surface area (Å²) in [5, 5.41) is 6.82. The van der Waals surface area contributed by atoms with Gasteiger partial charge < -0.3 is 25.0 Å². The first kappa shape index (κ1) is 20.8. The van der Waals surface area contributed by atoms with Crippen LogP contribution in [0.1, 0.15) is 58.3 Å². The van der Waals surface area contributed by atoms with Gasteiger partial charge in [-0.1, -0.05) is 19.3 Å². The molecule has 7 heteroatoms. The molecule has 1 saturated carbocycles. The first-order chi connectivity index (χ1) is 12.7. The van der Waals surface area contributed by atoms with Gasteiger partial charge in [0.1, 0.15) is 0 Å². The molecule has 2 rings (SSSR count). The van der Waals surface area contributed by atoms with Crippen LogP contribution in [0.25, 0.3) is 0 Å². The van der Waals surface area contributed by atoms with Crippen LogP contribution in [0.15, 0.2) is 4.99 Å². The first-order valence-corrected chi connectivity index (χ1v) is 10.2. The van der Waals surface area contributed by atoms with Gasteiger partial charge in [0.25, 0.3) is 0 Å². The summed E-state index contributed by atoms with van der Waals surface area (Å²) in [6.45, 7) is 5.38. The lowest BCUT2D eigenvalue weighted by molar-refractivity contribution is 0.0277. The SMILES string of the molecule is CCOC(=O)N1CCC(NC(=NC)NCCCOC2CCCCC2)CC1. The predicted molar refractivity (Wildman–Crippen MR) is 104 cm³/mol. The standard InChI is InChI=1S/C19H36N4O3/c1-3-25-19(24)23-13-10-16(11-14-23)22-18(20-2)21-12-7-15-26-17-8-5-4-6-9-17/h16-17H,3-15H2,1-2H3,(H2,20,21,22). The molecule has 0 unspecified atom stereocenters. The molecule has 1 aliphatic heterocycles. The number of guanidine groups is 1. The van der Waals surface area contributed by atoms with Crippen LogP contribution in [0.5, 0.6) is 0 Å². The van der Waals surface area contributed by atoms with Gasteiger partial charge in [0.05, 0.1) is 12.7 Å². The zero-order valence-electron chi connectivity index (χ0n) is 16.5. The minimum atomic E-state index is -0.202. The van der Waals surface area contributed by atoms with Crippen LogP contribution in [0.3, 0.4) is 0 Å². The summed E-state index contributed by atoms with van der Waals surface area (Å²) in [5.41, 5.74) is 0. The molecular weight excluding hydrogens is 332 g/mol. The fourth-order valence-electron chi connectivity index (χ4n) is 3.57. The number of rotatable bonds is 7. The number of nitrogens with one attached hydrogen (secondary N) is 2. The highest BCUT2D eigenvalue weighted by Crippen LogP contribution is 2.20. The highest BCUT2D eigenvalue weighted by Gasteiger charge is 2.24. The third kappa shape index (κ3) is 7.40. The molecule has 2 fully saturated rings. The molecule has 0 radical (unpaired) electrons. The quantitative estimate of drug-likeness (QED) is 0.410. The summed E-state index contributed by atoms with van der Waals surface area (Å²) >= 11 is 0. The fraction of sp³-hybridized carbons (Fsp3) is 0.895. The molecule has 7 nitrogen and oxygen atoms in total. The topological polar surface area (TPSA) is 75.2 Å². The number of carbonyl (C=O) groups is 1. The van der Waals surface area contributed by atoms with Gasteiger partial charge in [0.15, 0.2) is 5.96 Å². The number of ether oxygens (including phenoxy) is 2. The van der Waals surface area contributed by atoms with Crippen molar-refractivity contribution in [2.75, 3.05) is 39.9 Å². The van der Waals surface area contributed by atoms with E-state index in [1.54, 1.807) is 11.9 Å². The zero-order chi connectivity index (χ0) is 18.6. The van der Waals surface area contributed by atoms with Crippen molar-refractivity contribution in [3.05, 3.63) is 0 Å². The molecule has 0 aromatic heterocycles. The van der Waals surface area contributed by atoms with Crippen LogP contribution in [-0.2, 0) is 9.47 Å². The molecule has 26 heavy (non-hydrogen) atoms. The highest BCUT2D eigenvalue weighted by atomic mass is 16.6. The Bertz CT molecular complexity index is 431. The summed E-state index contributed by atoms with van der Waals surface area (Å²) in [4.78, 5) is 17.8. The molecule has 0 aromatic rings. The van der Waals surface area contributed by atoms with Gasteiger partial charge in [-0.2, -0.15) is 0 Å². The van der Waals surface area contributed by atoms with Crippen LogP contribution in [0.2, 0.25) is 0 Å². The lowest BCUT2D eigenvalue weighted by Gasteiger charge is -2.32. The van der Waals surface area contributed by atoms with Gasteiger partial charge in [-0.3, -0.25) is 4.99 Å². The summed E-state index contributed by atoms with van der Waals surface area (Å²) < 4.78 is 11.0. The molecule has 150 valence electrons. The van der Waals surface area contributed by atoms with Crippen molar-refractivity contribution in [3.63, 3.8) is 0 Å². The molecule has 0 atom stereocenters. The maximum atomic E-state index is 11.7. The number of hydrogen-bond donors (Lipinski definition) is 2. The second-order valence-electron chi connectivity index (χ2n) is 7.09. The van der Waals surface area contributed by atoms with E-state index in [4.69, 9.17) is 9.47 Å². The largest absolute Gasteiger partial charge is 0.450 e. The molecule has 1 saturated heterocycles. The minimum Gasteiger partial charge on any atom is -0.450 e. The predicted octanol–water partition coefficient (Wildman–Crippen LogP) is 2.51. The van der Waals surface area contributed by atoms with E-state index in [1.807, 2.05) is 6.92 Å². The van der Waals surface area contributed by atoms with Crippen LogP contribution in [0.4, 0.5) is 4.79 Å². The summed E-state index contributed by atoms with van der Waals surface area (Å²) in [6.07, 6.45) is 9.51. The van der Waals surface area contributed by atoms with E-state index < -0.39 is 0 Å². The number of nitrogens with zero attached hydrogens (tertiary/aromatic N) is 2. The maximum absolute atomic E-state index is 11.7. The Hall–Kier alpha value is -1.50. The van der Waals surface area contributed by atoms with E-state index in [2.05, 4.69) is 15.6 Å². The van der Waals surface area contributed by atoms with E-state index in [-0.39, 0.29) is 6.09 Å². The van der Waals surface area contributed by atoms with Gasteiger partial charge in [-0.25, -0.2) is 4.79 Å². The van der Waals surface area contributed by atoms with Crippen LogP contribution < -0.4 is 10.6 Å². The normalized spacial score (nSPS) is 20.1. The fourth-order valence-corrected chi connectivity index (χ4v) is 3.57. The Kier molecular flexibility index (Phi) is 9.60. The molecular formula is C19H36N4O3. The van der Waals surface area contributed by atoms with Gasteiger partial charge in [0.2, 0.25) is 0 Å². The van der Waals surface area contributed by atoms with Crippen molar-refractivity contribution in [1.29, 1.82) is 0 Å². The van der Waals surface area contributed by atoms with Gasteiger partial charge in [-0.15, -0.1) is 0 Å². The third-order valence-electron chi connectivity index (χ3n) is 5.10. The number of hydrogen-bond acceptors (Lipinski definition) is 4. The molecule has 0 spiro atoms. The number of likely N-dealkylation sites (tertiary alicyclic amines) is 1. The Morgan fingerprint density at radius 2 is 1.88 bits per heavy atom. The second kappa shape index (κ2) is 12.0. The highest BCUT2D eigenvalue weighted by molar-refractivity contribution is 5.80. The lowest BCUT2D eigenvalue weighted by Crippen LogP contribution is -2.50. The molecule has 1 amide bonds. The monoisotopic (exact) mass is 368 g/mol. The van der Waals surface area contributed by atoms with Crippen LogP contribution in [-0.4, -0.2) is 69.0 Å². The van der Waals surface area contributed by atoms with Crippen LogP contribution >= 0.6 is 0 Å². The minimum absolute atomic E-state index is 0.202. The smallest absolute Gasteiger partial charge is 0.409 e. The van der Waals surface area contributed by atoms with E-state index >= 15 is 0 Å². The molecule has 1 heterocycles. The summed E-state index contributed by atoms with van der Waals surface area (Å²) in [6, 6.07) is 0.338. The molecule has 1 aliphatic carbocycles. The number of piperidine rings is 1. The van der Waals surface area contributed by atoms with Crippen molar-refractivity contribution in [2.45, 2.75) is 70.4 Å². The van der Waals surface area contributed by atoms with E-state index in [1.165, 1.54) is 32.1 Å². The Morgan fingerprint density at radius 3 is 2.54 bits per heavy atom. The molecule has 2 N–H and O–H groups in total. The van der Waals surface area contributed by atoms with Crippen molar-refractivity contribution >= 4 is 12.1 Å². The van der Waals surface area contributed by atoms with Crippen LogP contribution in [0, 0.1) is 0 Å². The van der Waals surface area contributed by atoms with Gasteiger partial charge in [0, 0.05) is 39.3 Å². The van der Waals surface area contributed by atoms with Gasteiger partial charge in [-0.05, 0) is 39.0 Å². The summed E-state index contributed by atoms with van der Waals surface area (Å²) in [7, 11) is 1.79. The number of amides is 1. The Morgan fingerprint density at radius 1 is 1.15 bits per heavy atom. The average molecular weight is 369 g/mol. The van der Waals surface area contributed by atoms with Crippen molar-refractivity contribution < 1.29 is 14.3 Å². The Labute approximate surface area is 157 Å². The Balaban J connectivity index is 1.55. The molecule has 0 aromatic carbocycles. The average Bonchev–Trinajstić information content (AvgIpc) is 2.68. The van der Waals surface area contributed by atoms with E-state index in [0.717, 1.165) is 51.5 Å². The van der Waals surface area contributed by atoms with E-state index in [0.29, 0.717) is 18.8 Å². The van der Waals surface area contributed by atoms with Crippen molar-refractivity contribution in [2.24, 2.45) is 4.99 Å². The second-order valence-corrected chi connectivity index (χ2v) is 7.09. The molecule has 0 bridgehead atoms. The van der Waals surface area contributed by atoms with E-state index in [9.17, 15) is 4.79 Å².